The molecule has 102 valence electrons. The van der Waals surface area contributed by atoms with Gasteiger partial charge in [0.15, 0.2) is 0 Å². The zero-order chi connectivity index (χ0) is 14.6. The number of hydrogen-bond acceptors (Lipinski definition) is 3. The molecule has 0 aromatic heterocycles. The molecule has 1 rings (SSSR count). The molecule has 0 aliphatic heterocycles. The second-order valence-electron chi connectivity index (χ2n) is 3.79. The predicted octanol–water partition coefficient (Wildman–Crippen LogP) is 0.987. The van der Waals surface area contributed by atoms with Gasteiger partial charge >= 0.3 is 12.0 Å². The number of hydrogen-bond donors (Lipinski definition) is 3. The minimum absolute atomic E-state index is 0.0552. The second kappa shape index (κ2) is 6.05. The van der Waals surface area contributed by atoms with Crippen molar-refractivity contribution >= 4 is 35.2 Å². The fraction of sp³-hybridized carbons (Fsp3) is 0.182. The maximum Gasteiger partial charge on any atom is 0.335 e. The van der Waals surface area contributed by atoms with E-state index in [1.54, 1.807) is 0 Å². The fourth-order valence-electron chi connectivity index (χ4n) is 1.31. The van der Waals surface area contributed by atoms with E-state index in [0.29, 0.717) is 0 Å². The number of likely N-dealkylation sites (N-methyl/N-ethyl adjacent to an activating group) is 1. The topological polar surface area (TPSA) is 113 Å². The molecule has 0 unspecified atom stereocenters. The van der Waals surface area contributed by atoms with Crippen LogP contribution in [0.25, 0.3) is 0 Å². The molecular weight excluding hydrogens is 274 g/mol. The molecule has 0 fully saturated rings. The lowest BCUT2D eigenvalue weighted by Crippen LogP contribution is -2.38. The van der Waals surface area contributed by atoms with Crippen LogP contribution in [0.1, 0.15) is 10.4 Å². The van der Waals surface area contributed by atoms with Crippen LogP contribution in [0.5, 0.6) is 0 Å². The number of carboxylic acid groups (broad SMARTS) is 1. The normalized spacial score (nSPS) is 9.79. The van der Waals surface area contributed by atoms with Crippen molar-refractivity contribution in [3.63, 3.8) is 0 Å². The lowest BCUT2D eigenvalue weighted by Gasteiger charge is -2.16. The van der Waals surface area contributed by atoms with E-state index in [2.05, 4.69) is 5.32 Å². The Kier molecular flexibility index (Phi) is 4.71. The van der Waals surface area contributed by atoms with Crippen molar-refractivity contribution < 1.29 is 19.5 Å². The van der Waals surface area contributed by atoms with Gasteiger partial charge in [-0.2, -0.15) is 0 Å². The zero-order valence-corrected chi connectivity index (χ0v) is 10.8. The first kappa shape index (κ1) is 14.8. The molecule has 0 aliphatic rings. The number of nitrogens with two attached hydrogens (primary N) is 1. The summed E-state index contributed by atoms with van der Waals surface area (Å²) in [6.45, 7) is -0.252. The van der Waals surface area contributed by atoms with E-state index in [-0.39, 0.29) is 22.8 Å². The molecule has 0 saturated heterocycles. The molecule has 7 nitrogen and oxygen atoms in total. The molecule has 0 atom stereocenters. The van der Waals surface area contributed by atoms with Crippen molar-refractivity contribution in [2.75, 3.05) is 18.9 Å². The van der Waals surface area contributed by atoms with Gasteiger partial charge in [-0.05, 0) is 18.2 Å². The monoisotopic (exact) mass is 285 g/mol. The molecule has 4 N–H and O–H groups in total. The summed E-state index contributed by atoms with van der Waals surface area (Å²) >= 11 is 5.74. The number of nitrogens with zero attached hydrogens (tertiary/aromatic N) is 1. The van der Waals surface area contributed by atoms with Gasteiger partial charge < -0.3 is 21.1 Å². The van der Waals surface area contributed by atoms with Crippen molar-refractivity contribution in [1.29, 1.82) is 0 Å². The standard InChI is InChI=1S/C11H12ClN3O4/c1-15(5-9(13)16)11(19)14-8-3-6(10(17)18)2-7(12)4-8/h2-4H,5H2,1H3,(H2,13,16)(H,14,19)(H,17,18). The lowest BCUT2D eigenvalue weighted by molar-refractivity contribution is -0.118. The zero-order valence-electron chi connectivity index (χ0n) is 10.0. The van der Waals surface area contributed by atoms with E-state index in [9.17, 15) is 14.4 Å². The summed E-state index contributed by atoms with van der Waals surface area (Å²) in [5.41, 5.74) is 5.11. The number of primary amides is 1. The van der Waals surface area contributed by atoms with E-state index in [1.165, 1.54) is 25.2 Å². The van der Waals surface area contributed by atoms with Crippen molar-refractivity contribution in [1.82, 2.24) is 4.90 Å². The van der Waals surface area contributed by atoms with Crippen LogP contribution < -0.4 is 11.1 Å². The third-order valence-electron chi connectivity index (χ3n) is 2.14. The summed E-state index contributed by atoms with van der Waals surface area (Å²) in [5.74, 6) is -1.82. The Morgan fingerprint density at radius 1 is 1.37 bits per heavy atom. The van der Waals surface area contributed by atoms with Gasteiger partial charge in [0.25, 0.3) is 0 Å². The molecule has 8 heteroatoms. The highest BCUT2D eigenvalue weighted by molar-refractivity contribution is 6.31. The molecule has 1 aromatic carbocycles. The first-order chi connectivity index (χ1) is 8.79. The highest BCUT2D eigenvalue weighted by Gasteiger charge is 2.13. The number of anilines is 1. The largest absolute Gasteiger partial charge is 0.478 e. The Morgan fingerprint density at radius 3 is 2.53 bits per heavy atom. The second-order valence-corrected chi connectivity index (χ2v) is 4.22. The van der Waals surface area contributed by atoms with E-state index >= 15 is 0 Å². The van der Waals surface area contributed by atoms with Crippen LogP contribution >= 0.6 is 11.6 Å². The van der Waals surface area contributed by atoms with E-state index < -0.39 is 17.9 Å². The van der Waals surface area contributed by atoms with Crippen LogP contribution in [-0.2, 0) is 4.79 Å². The van der Waals surface area contributed by atoms with Crippen molar-refractivity contribution in [3.05, 3.63) is 28.8 Å². The van der Waals surface area contributed by atoms with Gasteiger partial charge in [-0.3, -0.25) is 4.79 Å². The third kappa shape index (κ3) is 4.47. The van der Waals surface area contributed by atoms with Crippen LogP contribution in [0.4, 0.5) is 10.5 Å². The minimum Gasteiger partial charge on any atom is -0.478 e. The Balaban J connectivity index is 2.84. The van der Waals surface area contributed by atoms with Gasteiger partial charge in [-0.1, -0.05) is 11.6 Å². The number of urea groups is 1. The van der Waals surface area contributed by atoms with Crippen LogP contribution in [0.3, 0.4) is 0 Å². The van der Waals surface area contributed by atoms with Gasteiger partial charge in [0.2, 0.25) is 5.91 Å². The first-order valence-electron chi connectivity index (χ1n) is 5.14. The highest BCUT2D eigenvalue weighted by atomic mass is 35.5. The molecule has 0 radical (unpaired) electrons. The number of carboxylic acids is 1. The highest BCUT2D eigenvalue weighted by Crippen LogP contribution is 2.19. The van der Waals surface area contributed by atoms with E-state index in [1.807, 2.05) is 0 Å². The molecular formula is C11H12ClN3O4. The van der Waals surface area contributed by atoms with Gasteiger partial charge in [-0.25, -0.2) is 9.59 Å². The van der Waals surface area contributed by atoms with Crippen molar-refractivity contribution in [3.8, 4) is 0 Å². The summed E-state index contributed by atoms with van der Waals surface area (Å²) in [5, 5.41) is 11.4. The summed E-state index contributed by atoms with van der Waals surface area (Å²) in [4.78, 5) is 34.2. The van der Waals surface area contributed by atoms with Gasteiger partial charge in [0.1, 0.15) is 6.54 Å². The average molecular weight is 286 g/mol. The Morgan fingerprint density at radius 2 is 2.00 bits per heavy atom. The Labute approximate surface area is 113 Å². The average Bonchev–Trinajstić information content (AvgIpc) is 2.26. The number of carbonyl (C=O) groups is 3. The Hall–Kier alpha value is -2.28. The van der Waals surface area contributed by atoms with Crippen molar-refractivity contribution in [2.45, 2.75) is 0 Å². The van der Waals surface area contributed by atoms with E-state index in [0.717, 1.165) is 4.90 Å². The number of nitrogens with one attached hydrogen (secondary N) is 1. The number of amides is 3. The first-order valence-corrected chi connectivity index (χ1v) is 5.51. The number of carbonyl (C=O) groups excluding carboxylic acids is 2. The van der Waals surface area contributed by atoms with E-state index in [4.69, 9.17) is 22.4 Å². The summed E-state index contributed by atoms with van der Waals surface area (Å²) in [7, 11) is 1.38. The van der Waals surface area contributed by atoms with Gasteiger partial charge in [0, 0.05) is 17.8 Å². The van der Waals surface area contributed by atoms with Crippen LogP contribution in [-0.4, -0.2) is 41.5 Å². The number of halogens is 1. The lowest BCUT2D eigenvalue weighted by atomic mass is 10.2. The molecule has 0 aliphatic carbocycles. The van der Waals surface area contributed by atoms with Gasteiger partial charge in [-0.15, -0.1) is 0 Å². The molecule has 3 amide bonds. The number of rotatable bonds is 4. The SMILES string of the molecule is CN(CC(N)=O)C(=O)Nc1cc(Cl)cc(C(=O)O)c1. The molecule has 0 saturated carbocycles. The molecule has 1 aromatic rings. The number of aromatic carboxylic acids is 1. The maximum absolute atomic E-state index is 11.7. The predicted molar refractivity (Wildman–Crippen MR) is 69.3 cm³/mol. The van der Waals surface area contributed by atoms with Gasteiger partial charge in [0.05, 0.1) is 5.56 Å². The summed E-state index contributed by atoms with van der Waals surface area (Å²) in [6.07, 6.45) is 0. The van der Waals surface area contributed by atoms with Crippen LogP contribution in [0.2, 0.25) is 5.02 Å². The maximum atomic E-state index is 11.7. The van der Waals surface area contributed by atoms with Crippen LogP contribution in [0, 0.1) is 0 Å². The molecule has 0 heterocycles. The third-order valence-corrected chi connectivity index (χ3v) is 2.35. The summed E-state index contributed by atoms with van der Waals surface area (Å²) in [6, 6.07) is 3.30. The Bertz CT molecular complexity index is 533. The molecule has 0 bridgehead atoms. The summed E-state index contributed by atoms with van der Waals surface area (Å²) < 4.78 is 0. The molecule has 0 spiro atoms. The smallest absolute Gasteiger partial charge is 0.335 e. The fourth-order valence-corrected chi connectivity index (χ4v) is 1.54. The quantitative estimate of drug-likeness (QED) is 0.765. The minimum atomic E-state index is -1.16. The van der Waals surface area contributed by atoms with Crippen LogP contribution in [0.15, 0.2) is 18.2 Å². The van der Waals surface area contributed by atoms with Crippen molar-refractivity contribution in [2.24, 2.45) is 5.73 Å². The number of benzene rings is 1. The molecule has 19 heavy (non-hydrogen) atoms.